The minimum atomic E-state index is -0.215. The van der Waals surface area contributed by atoms with E-state index in [0.29, 0.717) is 5.92 Å². The second-order valence-electron chi connectivity index (χ2n) is 4.06. The van der Waals surface area contributed by atoms with Crippen molar-refractivity contribution in [2.75, 3.05) is 7.11 Å². The SMILES string of the molecule is COC(=O)C1(C)CCCCC1C. The molecule has 0 bridgehead atoms. The lowest BCUT2D eigenvalue weighted by Gasteiger charge is -2.36. The molecule has 2 atom stereocenters. The van der Waals surface area contributed by atoms with Gasteiger partial charge in [-0.15, -0.1) is 0 Å². The summed E-state index contributed by atoms with van der Waals surface area (Å²) in [6.45, 7) is 4.18. The molecule has 12 heavy (non-hydrogen) atoms. The third-order valence-corrected chi connectivity index (χ3v) is 3.32. The summed E-state index contributed by atoms with van der Waals surface area (Å²) >= 11 is 0. The Morgan fingerprint density at radius 3 is 2.67 bits per heavy atom. The summed E-state index contributed by atoms with van der Waals surface area (Å²) in [4.78, 5) is 11.5. The summed E-state index contributed by atoms with van der Waals surface area (Å²) in [6, 6.07) is 0. The average molecular weight is 170 g/mol. The number of carbonyl (C=O) groups is 1. The second kappa shape index (κ2) is 3.46. The predicted octanol–water partition coefficient (Wildman–Crippen LogP) is 2.38. The molecule has 1 saturated carbocycles. The topological polar surface area (TPSA) is 26.3 Å². The smallest absolute Gasteiger partial charge is 0.311 e. The fraction of sp³-hybridized carbons (Fsp3) is 0.900. The highest BCUT2D eigenvalue weighted by molar-refractivity contribution is 5.76. The number of hydrogen-bond donors (Lipinski definition) is 0. The van der Waals surface area contributed by atoms with Crippen molar-refractivity contribution in [1.82, 2.24) is 0 Å². The summed E-state index contributed by atoms with van der Waals surface area (Å²) < 4.78 is 4.82. The van der Waals surface area contributed by atoms with Gasteiger partial charge in [-0.05, 0) is 25.7 Å². The van der Waals surface area contributed by atoms with Crippen molar-refractivity contribution in [2.45, 2.75) is 39.5 Å². The molecular weight excluding hydrogens is 152 g/mol. The van der Waals surface area contributed by atoms with Crippen LogP contribution in [-0.2, 0) is 9.53 Å². The molecule has 0 aromatic carbocycles. The van der Waals surface area contributed by atoms with Crippen LogP contribution in [0, 0.1) is 11.3 Å². The van der Waals surface area contributed by atoms with Crippen LogP contribution in [0.25, 0.3) is 0 Å². The van der Waals surface area contributed by atoms with E-state index >= 15 is 0 Å². The third kappa shape index (κ3) is 1.47. The van der Waals surface area contributed by atoms with Crippen LogP contribution in [-0.4, -0.2) is 13.1 Å². The van der Waals surface area contributed by atoms with E-state index in [0.717, 1.165) is 19.3 Å². The Bertz CT molecular complexity index is 177. The quantitative estimate of drug-likeness (QED) is 0.565. The summed E-state index contributed by atoms with van der Waals surface area (Å²) in [7, 11) is 1.48. The van der Waals surface area contributed by atoms with Gasteiger partial charge in [-0.25, -0.2) is 0 Å². The fourth-order valence-electron chi connectivity index (χ4n) is 2.04. The van der Waals surface area contributed by atoms with E-state index in [-0.39, 0.29) is 11.4 Å². The molecule has 0 aromatic rings. The van der Waals surface area contributed by atoms with Gasteiger partial charge in [-0.1, -0.05) is 19.8 Å². The minimum absolute atomic E-state index is 0.0327. The van der Waals surface area contributed by atoms with E-state index < -0.39 is 0 Å². The lowest BCUT2D eigenvalue weighted by atomic mass is 9.68. The molecule has 0 radical (unpaired) electrons. The molecule has 0 saturated heterocycles. The molecule has 1 aliphatic carbocycles. The molecule has 2 nitrogen and oxygen atoms in total. The van der Waals surface area contributed by atoms with Crippen LogP contribution >= 0.6 is 0 Å². The number of carbonyl (C=O) groups excluding carboxylic acids is 1. The molecule has 0 aliphatic heterocycles. The molecule has 0 spiro atoms. The van der Waals surface area contributed by atoms with Gasteiger partial charge in [-0.3, -0.25) is 4.79 Å². The van der Waals surface area contributed by atoms with Crippen molar-refractivity contribution in [1.29, 1.82) is 0 Å². The van der Waals surface area contributed by atoms with Crippen molar-refractivity contribution in [3.8, 4) is 0 Å². The highest BCUT2D eigenvalue weighted by Gasteiger charge is 2.41. The van der Waals surface area contributed by atoms with Gasteiger partial charge in [0.1, 0.15) is 0 Å². The van der Waals surface area contributed by atoms with E-state index in [1.54, 1.807) is 0 Å². The maximum absolute atomic E-state index is 11.5. The Balaban J connectivity index is 2.72. The van der Waals surface area contributed by atoms with Crippen molar-refractivity contribution in [3.63, 3.8) is 0 Å². The van der Waals surface area contributed by atoms with E-state index in [1.807, 2.05) is 6.92 Å². The molecule has 0 aromatic heterocycles. The largest absolute Gasteiger partial charge is 0.469 e. The molecule has 70 valence electrons. The van der Waals surface area contributed by atoms with Crippen LogP contribution in [0.4, 0.5) is 0 Å². The zero-order chi connectivity index (χ0) is 9.19. The first-order valence-electron chi connectivity index (χ1n) is 4.69. The van der Waals surface area contributed by atoms with Gasteiger partial charge < -0.3 is 4.74 Å². The highest BCUT2D eigenvalue weighted by atomic mass is 16.5. The number of hydrogen-bond acceptors (Lipinski definition) is 2. The van der Waals surface area contributed by atoms with Crippen LogP contribution in [0.15, 0.2) is 0 Å². The van der Waals surface area contributed by atoms with Crippen LogP contribution in [0.3, 0.4) is 0 Å². The maximum Gasteiger partial charge on any atom is 0.311 e. The number of esters is 1. The maximum atomic E-state index is 11.5. The van der Waals surface area contributed by atoms with Crippen molar-refractivity contribution in [3.05, 3.63) is 0 Å². The van der Waals surface area contributed by atoms with Gasteiger partial charge in [0, 0.05) is 0 Å². The zero-order valence-corrected chi connectivity index (χ0v) is 8.22. The standard InChI is InChI=1S/C10H18O2/c1-8-6-4-5-7-10(8,2)9(11)12-3/h8H,4-7H2,1-3H3. The van der Waals surface area contributed by atoms with Gasteiger partial charge >= 0.3 is 5.97 Å². The van der Waals surface area contributed by atoms with Gasteiger partial charge in [0.05, 0.1) is 12.5 Å². The van der Waals surface area contributed by atoms with Crippen LogP contribution in [0.5, 0.6) is 0 Å². The van der Waals surface area contributed by atoms with E-state index in [4.69, 9.17) is 4.74 Å². The normalized spacial score (nSPS) is 36.1. The Hall–Kier alpha value is -0.530. The zero-order valence-electron chi connectivity index (χ0n) is 8.22. The van der Waals surface area contributed by atoms with E-state index in [2.05, 4.69) is 6.92 Å². The average Bonchev–Trinajstić information content (AvgIpc) is 2.09. The monoisotopic (exact) mass is 170 g/mol. The molecule has 1 rings (SSSR count). The van der Waals surface area contributed by atoms with Crippen molar-refractivity contribution >= 4 is 5.97 Å². The molecule has 2 unspecified atom stereocenters. The molecule has 2 heteroatoms. The first-order valence-corrected chi connectivity index (χ1v) is 4.69. The molecule has 0 amide bonds. The van der Waals surface area contributed by atoms with Crippen LogP contribution in [0.2, 0.25) is 0 Å². The van der Waals surface area contributed by atoms with Crippen LogP contribution < -0.4 is 0 Å². The molecular formula is C10H18O2. The summed E-state index contributed by atoms with van der Waals surface area (Å²) in [6.07, 6.45) is 4.57. The summed E-state index contributed by atoms with van der Waals surface area (Å²) in [5.74, 6) is 0.438. The second-order valence-corrected chi connectivity index (χ2v) is 4.06. The predicted molar refractivity (Wildman–Crippen MR) is 47.8 cm³/mol. The summed E-state index contributed by atoms with van der Waals surface area (Å²) in [5, 5.41) is 0. The molecule has 0 heterocycles. The van der Waals surface area contributed by atoms with E-state index in [9.17, 15) is 4.79 Å². The highest BCUT2D eigenvalue weighted by Crippen LogP contribution is 2.41. The van der Waals surface area contributed by atoms with Crippen molar-refractivity contribution < 1.29 is 9.53 Å². The number of rotatable bonds is 1. The van der Waals surface area contributed by atoms with Gasteiger partial charge in [0.2, 0.25) is 0 Å². The van der Waals surface area contributed by atoms with Gasteiger partial charge in [0.25, 0.3) is 0 Å². The minimum Gasteiger partial charge on any atom is -0.469 e. The van der Waals surface area contributed by atoms with E-state index in [1.165, 1.54) is 13.5 Å². The molecule has 0 N–H and O–H groups in total. The Kier molecular flexibility index (Phi) is 2.76. The molecule has 1 fully saturated rings. The molecule has 1 aliphatic rings. The van der Waals surface area contributed by atoms with Crippen molar-refractivity contribution in [2.24, 2.45) is 11.3 Å². The first kappa shape index (κ1) is 9.56. The number of methoxy groups -OCH3 is 1. The number of ether oxygens (including phenoxy) is 1. The Labute approximate surface area is 74.3 Å². The van der Waals surface area contributed by atoms with Gasteiger partial charge in [0.15, 0.2) is 0 Å². The summed E-state index contributed by atoms with van der Waals surface area (Å²) in [5.41, 5.74) is -0.215. The third-order valence-electron chi connectivity index (χ3n) is 3.32. The lowest BCUT2D eigenvalue weighted by molar-refractivity contribution is -0.157. The Morgan fingerprint density at radius 1 is 1.50 bits per heavy atom. The van der Waals surface area contributed by atoms with Crippen LogP contribution in [0.1, 0.15) is 39.5 Å². The Morgan fingerprint density at radius 2 is 2.17 bits per heavy atom. The van der Waals surface area contributed by atoms with Gasteiger partial charge in [-0.2, -0.15) is 0 Å². The first-order chi connectivity index (χ1) is 5.61. The lowest BCUT2D eigenvalue weighted by Crippen LogP contribution is -2.37. The fourth-order valence-corrected chi connectivity index (χ4v) is 2.04.